The Balaban J connectivity index is 1.73. The minimum Gasteiger partial charge on any atom is -0.492 e. The number of carbonyl (C=O) groups excluding carboxylic acids is 1. The fourth-order valence-electron chi connectivity index (χ4n) is 2.30. The number of fused-ring (bicyclic) bond motifs is 1. The summed E-state index contributed by atoms with van der Waals surface area (Å²) in [4.78, 5) is 16.3. The smallest absolute Gasteiger partial charge is 0.492 e. The van der Waals surface area contributed by atoms with Crippen LogP contribution in [0.2, 0.25) is 0 Å². The molecule has 2 aliphatic rings. The molecule has 9 heteroatoms. The second kappa shape index (κ2) is 4.27. The van der Waals surface area contributed by atoms with Gasteiger partial charge in [-0.15, -0.1) is 4.73 Å². The van der Waals surface area contributed by atoms with Crippen LogP contribution < -0.4 is 4.84 Å². The molecule has 110 valence electrons. The van der Waals surface area contributed by atoms with Crippen LogP contribution in [-0.4, -0.2) is 51.0 Å². The highest BCUT2D eigenvalue weighted by Gasteiger charge is 2.65. The molecule has 0 radical (unpaired) electrons. The molecule has 2 fully saturated rings. The quantitative estimate of drug-likeness (QED) is 0.634. The maximum Gasteiger partial charge on any atom is 0.538 e. The summed E-state index contributed by atoms with van der Waals surface area (Å²) in [5.74, 6) is -2.89. The number of rotatable bonds is 2. The average molecular weight is 287 g/mol. The summed E-state index contributed by atoms with van der Waals surface area (Å²) in [7, 11) is 0. The van der Waals surface area contributed by atoms with Gasteiger partial charge >= 0.3 is 12.1 Å². The van der Waals surface area contributed by atoms with E-state index in [0.29, 0.717) is 4.73 Å². The van der Waals surface area contributed by atoms with Crippen LogP contribution in [0.3, 0.4) is 0 Å². The van der Waals surface area contributed by atoms with Crippen molar-refractivity contribution in [3.05, 3.63) is 12.1 Å². The molecule has 0 spiro atoms. The lowest BCUT2D eigenvalue weighted by molar-refractivity contribution is -0.362. The molecule has 2 saturated heterocycles. The van der Waals surface area contributed by atoms with Crippen molar-refractivity contribution in [2.24, 2.45) is 0 Å². The first kappa shape index (κ1) is 13.0. The van der Waals surface area contributed by atoms with Crippen molar-refractivity contribution in [2.45, 2.75) is 24.4 Å². The Labute approximate surface area is 112 Å². The third-order valence-corrected chi connectivity index (χ3v) is 3.37. The van der Waals surface area contributed by atoms with Gasteiger partial charge in [-0.05, 0) is 0 Å². The first-order chi connectivity index (χ1) is 9.46. The van der Waals surface area contributed by atoms with Crippen LogP contribution in [0.25, 0.3) is 0 Å². The summed E-state index contributed by atoms with van der Waals surface area (Å²) < 4.78 is 15.7. The van der Waals surface area contributed by atoms with Crippen LogP contribution in [0, 0.1) is 0 Å². The van der Waals surface area contributed by atoms with Crippen molar-refractivity contribution in [3.63, 3.8) is 0 Å². The van der Waals surface area contributed by atoms with Gasteiger partial charge in [-0.2, -0.15) is 0 Å². The largest absolute Gasteiger partial charge is 0.538 e. The summed E-state index contributed by atoms with van der Waals surface area (Å²) in [6, 6.07) is 2.24. The number of hydrogen-bond acceptors (Lipinski definition) is 8. The summed E-state index contributed by atoms with van der Waals surface area (Å²) in [6.45, 7) is 0.341. The molecule has 0 aromatic carbocycles. The molecule has 3 rings (SSSR count). The first-order valence-electron chi connectivity index (χ1n) is 5.97. The summed E-state index contributed by atoms with van der Waals surface area (Å²) >= 11 is 0. The van der Waals surface area contributed by atoms with E-state index in [4.69, 9.17) is 14.2 Å². The van der Waals surface area contributed by atoms with Crippen molar-refractivity contribution < 1.29 is 39.2 Å². The Hall–Kier alpha value is -1.97. The zero-order valence-corrected chi connectivity index (χ0v) is 10.3. The lowest BCUT2D eigenvalue weighted by atomic mass is 9.98. The van der Waals surface area contributed by atoms with Gasteiger partial charge in [0.05, 0.1) is 13.2 Å². The molecule has 0 atom stereocenters. The predicted octanol–water partition coefficient (Wildman–Crippen LogP) is -0.310. The monoisotopic (exact) mass is 287 g/mol. The van der Waals surface area contributed by atoms with Crippen LogP contribution in [0.1, 0.15) is 12.8 Å². The van der Waals surface area contributed by atoms with E-state index in [1.807, 2.05) is 0 Å². The molecule has 0 amide bonds. The summed E-state index contributed by atoms with van der Waals surface area (Å²) in [6.07, 6.45) is -0.769. The van der Waals surface area contributed by atoms with E-state index >= 15 is 0 Å². The second-order valence-corrected chi connectivity index (χ2v) is 4.57. The van der Waals surface area contributed by atoms with Crippen molar-refractivity contribution >= 4 is 6.16 Å². The predicted molar refractivity (Wildman–Crippen MR) is 59.6 cm³/mol. The molecule has 1 aromatic rings. The Morgan fingerprint density at radius 2 is 1.75 bits per heavy atom. The number of hydrogen-bond donors (Lipinski definition) is 3. The van der Waals surface area contributed by atoms with Crippen LogP contribution in [0.5, 0.6) is 11.8 Å². The molecule has 3 heterocycles. The fraction of sp³-hybridized carbons (Fsp3) is 0.545. The van der Waals surface area contributed by atoms with Crippen LogP contribution in [0.4, 0.5) is 4.79 Å². The number of aromatic hydroxyl groups is 2. The summed E-state index contributed by atoms with van der Waals surface area (Å²) in [5, 5.41) is 28.9. The van der Waals surface area contributed by atoms with Gasteiger partial charge in [0.1, 0.15) is 0 Å². The van der Waals surface area contributed by atoms with E-state index in [1.165, 1.54) is 0 Å². The van der Waals surface area contributed by atoms with E-state index in [-0.39, 0.29) is 26.1 Å². The zero-order chi connectivity index (χ0) is 14.4. The zero-order valence-electron chi connectivity index (χ0n) is 10.3. The van der Waals surface area contributed by atoms with Gasteiger partial charge < -0.3 is 29.5 Å². The lowest BCUT2D eigenvalue weighted by Crippen LogP contribution is -2.51. The molecular weight excluding hydrogens is 274 g/mol. The molecule has 0 unspecified atom stereocenters. The van der Waals surface area contributed by atoms with Crippen LogP contribution in [-0.2, 0) is 14.2 Å². The number of aliphatic hydroxyl groups is 1. The van der Waals surface area contributed by atoms with Gasteiger partial charge in [0.25, 0.3) is 0 Å². The van der Waals surface area contributed by atoms with Gasteiger partial charge in [-0.3, -0.25) is 4.84 Å². The number of nitrogens with zero attached hydrogens (tertiary/aromatic N) is 1. The Morgan fingerprint density at radius 1 is 1.20 bits per heavy atom. The third kappa shape index (κ3) is 1.79. The molecule has 20 heavy (non-hydrogen) atoms. The highest BCUT2D eigenvalue weighted by Crippen LogP contribution is 2.45. The van der Waals surface area contributed by atoms with Crippen LogP contribution in [0.15, 0.2) is 12.1 Å². The van der Waals surface area contributed by atoms with E-state index < -0.39 is 29.5 Å². The Morgan fingerprint density at radius 3 is 2.30 bits per heavy atom. The molecule has 0 bridgehead atoms. The second-order valence-electron chi connectivity index (χ2n) is 4.57. The van der Waals surface area contributed by atoms with E-state index in [9.17, 15) is 20.1 Å². The minimum absolute atomic E-state index is 0.170. The van der Waals surface area contributed by atoms with Crippen molar-refractivity contribution in [2.75, 3.05) is 13.2 Å². The van der Waals surface area contributed by atoms with Gasteiger partial charge in [-0.25, -0.2) is 4.79 Å². The molecule has 0 aliphatic carbocycles. The van der Waals surface area contributed by atoms with Crippen molar-refractivity contribution in [1.82, 2.24) is 4.73 Å². The Kier molecular flexibility index (Phi) is 2.78. The van der Waals surface area contributed by atoms with Crippen molar-refractivity contribution in [3.8, 4) is 11.8 Å². The molecule has 3 N–H and O–H groups in total. The number of aromatic nitrogens is 1. The standard InChI is InChI=1S/C11H13NO8/c13-7-1-2-8(14)12(7)20-9(15)19-11-10(16,3-5-17-11)4-6-18-11/h1-2,13-14,16H,3-6H2. The van der Waals surface area contributed by atoms with Crippen LogP contribution >= 0.6 is 0 Å². The molecule has 0 saturated carbocycles. The molecule has 1 aromatic heterocycles. The first-order valence-corrected chi connectivity index (χ1v) is 5.97. The maximum absolute atomic E-state index is 11.7. The van der Waals surface area contributed by atoms with Gasteiger partial charge in [0.15, 0.2) is 5.60 Å². The third-order valence-electron chi connectivity index (χ3n) is 3.37. The topological polar surface area (TPSA) is 120 Å². The molecule has 2 aliphatic heterocycles. The SMILES string of the molecule is O=C(On1c(O)ccc1O)OC12OCCC1(O)CCO2. The number of ether oxygens (including phenoxy) is 3. The van der Waals surface area contributed by atoms with Crippen molar-refractivity contribution in [1.29, 1.82) is 0 Å². The van der Waals surface area contributed by atoms with E-state index in [2.05, 4.69) is 4.84 Å². The normalized spacial score (nSPS) is 32.0. The molecular formula is C11H13NO8. The average Bonchev–Trinajstić information content (AvgIpc) is 2.95. The summed E-state index contributed by atoms with van der Waals surface area (Å²) in [5.41, 5.74) is -1.42. The number of carbonyl (C=O) groups is 1. The van der Waals surface area contributed by atoms with E-state index in [0.717, 1.165) is 12.1 Å². The highest BCUT2D eigenvalue weighted by atomic mass is 16.9. The van der Waals surface area contributed by atoms with E-state index in [1.54, 1.807) is 0 Å². The lowest BCUT2D eigenvalue weighted by Gasteiger charge is -2.30. The minimum atomic E-state index is -1.90. The molecule has 9 nitrogen and oxygen atoms in total. The highest BCUT2D eigenvalue weighted by molar-refractivity contribution is 5.61. The van der Waals surface area contributed by atoms with Gasteiger partial charge in [-0.1, -0.05) is 0 Å². The van der Waals surface area contributed by atoms with Gasteiger partial charge in [0, 0.05) is 25.0 Å². The maximum atomic E-state index is 11.7. The Bertz CT molecular complexity index is 509. The van der Waals surface area contributed by atoms with Gasteiger partial charge in [0.2, 0.25) is 11.8 Å². The fourth-order valence-corrected chi connectivity index (χ4v) is 2.30.